The highest BCUT2D eigenvalue weighted by atomic mass is 15.3. The molecule has 0 atom stereocenters. The van der Waals surface area contributed by atoms with Crippen molar-refractivity contribution in [1.29, 1.82) is 0 Å². The first-order valence-electron chi connectivity index (χ1n) is 7.56. The van der Waals surface area contributed by atoms with Crippen LogP contribution in [-0.4, -0.2) is 48.5 Å². The van der Waals surface area contributed by atoms with Gasteiger partial charge in [0.25, 0.3) is 0 Å². The van der Waals surface area contributed by atoms with Crippen molar-refractivity contribution in [2.75, 3.05) is 26.7 Å². The second kappa shape index (κ2) is 5.83. The Hall–Kier alpha value is -1.55. The molecule has 1 heterocycles. The van der Waals surface area contributed by atoms with Gasteiger partial charge in [0.15, 0.2) is 5.96 Å². The summed E-state index contributed by atoms with van der Waals surface area (Å²) in [6, 6.07) is 9.38. The number of guanidine groups is 1. The van der Waals surface area contributed by atoms with Crippen molar-refractivity contribution >= 4 is 5.96 Å². The van der Waals surface area contributed by atoms with Crippen LogP contribution in [0.4, 0.5) is 0 Å². The third-order valence-electron chi connectivity index (χ3n) is 4.36. The molecule has 1 aromatic carbocycles. The quantitative estimate of drug-likeness (QED) is 0.666. The van der Waals surface area contributed by atoms with Gasteiger partial charge in [-0.1, -0.05) is 24.3 Å². The maximum absolute atomic E-state index is 6.01. The predicted octanol–water partition coefficient (Wildman–Crippen LogP) is 1.45. The maximum atomic E-state index is 6.01. The van der Waals surface area contributed by atoms with Crippen molar-refractivity contribution in [3.63, 3.8) is 0 Å². The minimum absolute atomic E-state index is 0.639. The Morgan fingerprint density at radius 3 is 2.85 bits per heavy atom. The van der Waals surface area contributed by atoms with Gasteiger partial charge in [0.05, 0.1) is 6.54 Å². The SMILES string of the molecule is CN(C(N)=NCCN1CCc2ccccc2C1)C1CC1. The minimum atomic E-state index is 0.639. The third kappa shape index (κ3) is 3.12. The van der Waals surface area contributed by atoms with E-state index in [-0.39, 0.29) is 0 Å². The van der Waals surface area contributed by atoms with E-state index in [4.69, 9.17) is 5.73 Å². The first-order valence-corrected chi connectivity index (χ1v) is 7.56. The fourth-order valence-corrected chi connectivity index (χ4v) is 2.81. The number of fused-ring (bicyclic) bond motifs is 1. The standard InChI is InChI=1S/C16H24N4/c1-19(15-6-7-15)16(17)18-9-11-20-10-8-13-4-2-3-5-14(13)12-20/h2-5,15H,6-12H2,1H3,(H2,17,18). The van der Waals surface area contributed by atoms with Gasteiger partial charge in [-0.3, -0.25) is 9.89 Å². The van der Waals surface area contributed by atoms with Crippen LogP contribution < -0.4 is 5.73 Å². The van der Waals surface area contributed by atoms with E-state index in [1.165, 1.54) is 24.0 Å². The van der Waals surface area contributed by atoms with Gasteiger partial charge in [0.2, 0.25) is 0 Å². The van der Waals surface area contributed by atoms with Crippen LogP contribution in [-0.2, 0) is 13.0 Å². The summed E-state index contributed by atoms with van der Waals surface area (Å²) in [6.07, 6.45) is 3.67. The molecule has 0 saturated heterocycles. The summed E-state index contributed by atoms with van der Waals surface area (Å²) >= 11 is 0. The van der Waals surface area contributed by atoms with Crippen LogP contribution >= 0.6 is 0 Å². The Kier molecular flexibility index (Phi) is 3.92. The summed E-state index contributed by atoms with van der Waals surface area (Å²) < 4.78 is 0. The third-order valence-corrected chi connectivity index (χ3v) is 4.36. The van der Waals surface area contributed by atoms with Gasteiger partial charge in [-0.15, -0.1) is 0 Å². The second-order valence-electron chi connectivity index (χ2n) is 5.88. The highest BCUT2D eigenvalue weighted by molar-refractivity contribution is 5.78. The van der Waals surface area contributed by atoms with Crippen LogP contribution in [0.25, 0.3) is 0 Å². The van der Waals surface area contributed by atoms with Crippen LogP contribution in [0, 0.1) is 0 Å². The van der Waals surface area contributed by atoms with Crippen molar-refractivity contribution in [1.82, 2.24) is 9.80 Å². The molecule has 3 rings (SSSR count). The van der Waals surface area contributed by atoms with E-state index in [0.717, 1.165) is 32.6 Å². The monoisotopic (exact) mass is 272 g/mol. The lowest BCUT2D eigenvalue weighted by atomic mass is 10.0. The summed E-state index contributed by atoms with van der Waals surface area (Å²) in [5.74, 6) is 0.699. The van der Waals surface area contributed by atoms with Gasteiger partial charge in [0.1, 0.15) is 0 Å². The number of hydrogen-bond donors (Lipinski definition) is 1. The van der Waals surface area contributed by atoms with Crippen molar-refractivity contribution < 1.29 is 0 Å². The van der Waals surface area contributed by atoms with Crippen LogP contribution in [0.2, 0.25) is 0 Å². The summed E-state index contributed by atoms with van der Waals surface area (Å²) in [5.41, 5.74) is 8.97. The molecular formula is C16H24N4. The first kappa shape index (κ1) is 13.4. The maximum Gasteiger partial charge on any atom is 0.191 e. The zero-order chi connectivity index (χ0) is 13.9. The highest BCUT2D eigenvalue weighted by Crippen LogP contribution is 2.24. The lowest BCUT2D eigenvalue weighted by Gasteiger charge is -2.28. The predicted molar refractivity (Wildman–Crippen MR) is 82.7 cm³/mol. The number of benzene rings is 1. The first-order chi connectivity index (χ1) is 9.74. The van der Waals surface area contributed by atoms with E-state index in [0.29, 0.717) is 12.0 Å². The van der Waals surface area contributed by atoms with Gasteiger partial charge in [-0.25, -0.2) is 0 Å². The van der Waals surface area contributed by atoms with E-state index in [1.807, 2.05) is 7.05 Å². The van der Waals surface area contributed by atoms with Crippen LogP contribution in [0.3, 0.4) is 0 Å². The fraction of sp³-hybridized carbons (Fsp3) is 0.562. The van der Waals surface area contributed by atoms with E-state index < -0.39 is 0 Å². The number of nitrogens with zero attached hydrogens (tertiary/aromatic N) is 3. The molecule has 0 amide bonds. The minimum Gasteiger partial charge on any atom is -0.370 e. The summed E-state index contributed by atoms with van der Waals surface area (Å²) in [4.78, 5) is 9.10. The lowest BCUT2D eigenvalue weighted by molar-refractivity contribution is 0.261. The summed E-state index contributed by atoms with van der Waals surface area (Å²) in [6.45, 7) is 3.97. The lowest BCUT2D eigenvalue weighted by Crippen LogP contribution is -2.37. The average Bonchev–Trinajstić information content (AvgIpc) is 3.31. The topological polar surface area (TPSA) is 44.9 Å². The molecule has 1 aromatic rings. The van der Waals surface area contributed by atoms with Gasteiger partial charge in [0, 0.05) is 32.7 Å². The summed E-state index contributed by atoms with van der Waals surface area (Å²) in [5, 5.41) is 0. The second-order valence-corrected chi connectivity index (χ2v) is 5.88. The molecule has 1 saturated carbocycles. The molecule has 0 bridgehead atoms. The van der Waals surface area contributed by atoms with E-state index in [2.05, 4.69) is 39.1 Å². The Morgan fingerprint density at radius 2 is 2.10 bits per heavy atom. The Morgan fingerprint density at radius 1 is 1.35 bits per heavy atom. The summed E-state index contributed by atoms with van der Waals surface area (Å²) in [7, 11) is 2.05. The van der Waals surface area contributed by atoms with Crippen LogP contribution in [0.5, 0.6) is 0 Å². The van der Waals surface area contributed by atoms with Crippen LogP contribution in [0.1, 0.15) is 24.0 Å². The van der Waals surface area contributed by atoms with Gasteiger partial charge in [-0.2, -0.15) is 0 Å². The molecule has 4 nitrogen and oxygen atoms in total. The molecule has 0 unspecified atom stereocenters. The average molecular weight is 272 g/mol. The molecule has 0 spiro atoms. The van der Waals surface area contributed by atoms with Gasteiger partial charge in [-0.05, 0) is 30.4 Å². The number of nitrogens with two attached hydrogens (primary N) is 1. The molecule has 2 N–H and O–H groups in total. The van der Waals surface area contributed by atoms with Gasteiger partial charge >= 0.3 is 0 Å². The highest BCUT2D eigenvalue weighted by Gasteiger charge is 2.27. The van der Waals surface area contributed by atoms with Crippen molar-refractivity contribution in [2.45, 2.75) is 31.8 Å². The van der Waals surface area contributed by atoms with Crippen molar-refractivity contribution in [2.24, 2.45) is 10.7 Å². The Bertz CT molecular complexity index is 493. The largest absolute Gasteiger partial charge is 0.370 e. The number of rotatable bonds is 4. The molecule has 1 aliphatic carbocycles. The molecule has 2 aliphatic rings. The van der Waals surface area contributed by atoms with E-state index in [9.17, 15) is 0 Å². The van der Waals surface area contributed by atoms with Crippen molar-refractivity contribution in [3.05, 3.63) is 35.4 Å². The molecule has 1 fully saturated rings. The molecule has 4 heteroatoms. The number of aliphatic imine (C=N–C) groups is 1. The smallest absolute Gasteiger partial charge is 0.191 e. The Balaban J connectivity index is 1.49. The molecule has 0 aromatic heterocycles. The zero-order valence-electron chi connectivity index (χ0n) is 12.3. The zero-order valence-corrected chi connectivity index (χ0v) is 12.3. The van der Waals surface area contributed by atoms with Crippen molar-refractivity contribution in [3.8, 4) is 0 Å². The van der Waals surface area contributed by atoms with E-state index in [1.54, 1.807) is 0 Å². The molecule has 0 radical (unpaired) electrons. The fourth-order valence-electron chi connectivity index (χ4n) is 2.81. The molecule has 108 valence electrons. The normalized spacial score (nSPS) is 19.8. The van der Waals surface area contributed by atoms with E-state index >= 15 is 0 Å². The van der Waals surface area contributed by atoms with Crippen LogP contribution in [0.15, 0.2) is 29.3 Å². The molecule has 1 aliphatic heterocycles. The molecular weight excluding hydrogens is 248 g/mol. The number of hydrogen-bond acceptors (Lipinski definition) is 2. The molecule has 20 heavy (non-hydrogen) atoms. The Labute approximate surface area is 121 Å². The van der Waals surface area contributed by atoms with Gasteiger partial charge < -0.3 is 10.6 Å².